The molecule has 2 rings (SSSR count). The van der Waals surface area contributed by atoms with Gasteiger partial charge < -0.3 is 10.6 Å². The lowest BCUT2D eigenvalue weighted by Crippen LogP contribution is -2.42. The number of carbonyl (C=O) groups excluding carboxylic acids is 2. The van der Waals surface area contributed by atoms with Crippen LogP contribution in [0.1, 0.15) is 11.8 Å². The lowest BCUT2D eigenvalue weighted by Gasteiger charge is -2.14. The second-order valence-electron chi connectivity index (χ2n) is 4.51. The Morgan fingerprint density at radius 2 is 2.00 bits per heavy atom. The van der Waals surface area contributed by atoms with Crippen molar-refractivity contribution in [1.82, 2.24) is 5.32 Å². The van der Waals surface area contributed by atoms with Gasteiger partial charge in [0.05, 0.1) is 12.1 Å². The van der Waals surface area contributed by atoms with Crippen LogP contribution in [0.5, 0.6) is 0 Å². The van der Waals surface area contributed by atoms with Gasteiger partial charge in [0, 0.05) is 4.88 Å². The van der Waals surface area contributed by atoms with Gasteiger partial charge in [0.25, 0.3) is 0 Å². The molecule has 0 fully saturated rings. The van der Waals surface area contributed by atoms with Crippen molar-refractivity contribution >= 4 is 28.8 Å². The molecule has 1 aromatic carbocycles. The highest BCUT2D eigenvalue weighted by Gasteiger charge is 2.17. The number of halogens is 1. The Hall–Kier alpha value is -2.21. The van der Waals surface area contributed by atoms with Crippen LogP contribution in [0.25, 0.3) is 0 Å². The van der Waals surface area contributed by atoms with Crippen molar-refractivity contribution in [3.05, 3.63) is 52.5 Å². The van der Waals surface area contributed by atoms with Gasteiger partial charge in [-0.15, -0.1) is 11.3 Å². The monoisotopic (exact) mass is 306 g/mol. The summed E-state index contributed by atoms with van der Waals surface area (Å²) in [7, 11) is 0. The molecule has 0 saturated heterocycles. The van der Waals surface area contributed by atoms with E-state index in [-0.39, 0.29) is 18.0 Å². The van der Waals surface area contributed by atoms with E-state index in [4.69, 9.17) is 0 Å². The minimum atomic E-state index is -0.739. The van der Waals surface area contributed by atoms with Crippen LogP contribution in [0.4, 0.5) is 10.1 Å². The summed E-state index contributed by atoms with van der Waals surface area (Å²) in [6.45, 7) is 1.56. The zero-order valence-corrected chi connectivity index (χ0v) is 12.2. The molecule has 4 nitrogen and oxygen atoms in total. The fourth-order valence-corrected chi connectivity index (χ4v) is 2.44. The molecule has 0 aliphatic carbocycles. The average molecular weight is 306 g/mol. The molecule has 2 amide bonds. The molecule has 1 atom stereocenters. The maximum atomic E-state index is 13.4. The Balaban J connectivity index is 1.88. The van der Waals surface area contributed by atoms with Crippen molar-refractivity contribution in [2.75, 3.05) is 5.32 Å². The molecular formula is C15H15FN2O2S. The Bertz CT molecular complexity index is 628. The number of rotatable bonds is 5. The zero-order valence-electron chi connectivity index (χ0n) is 11.4. The summed E-state index contributed by atoms with van der Waals surface area (Å²) in [6.07, 6.45) is 0.231. The first-order chi connectivity index (χ1) is 10.1. The van der Waals surface area contributed by atoms with Crippen LogP contribution in [-0.4, -0.2) is 17.9 Å². The molecule has 2 aromatic rings. The number of amides is 2. The summed E-state index contributed by atoms with van der Waals surface area (Å²) in [5.74, 6) is -1.21. The van der Waals surface area contributed by atoms with E-state index in [0.717, 1.165) is 4.88 Å². The smallest absolute Gasteiger partial charge is 0.246 e. The van der Waals surface area contributed by atoms with Crippen molar-refractivity contribution in [2.45, 2.75) is 19.4 Å². The topological polar surface area (TPSA) is 58.2 Å². The molecule has 110 valence electrons. The second-order valence-corrected chi connectivity index (χ2v) is 5.55. The number of nitrogens with one attached hydrogen (secondary N) is 2. The third kappa shape index (κ3) is 4.39. The summed E-state index contributed by atoms with van der Waals surface area (Å²) in [5.41, 5.74) is 0.0989. The van der Waals surface area contributed by atoms with Gasteiger partial charge in [-0.3, -0.25) is 9.59 Å². The van der Waals surface area contributed by atoms with Crippen molar-refractivity contribution < 1.29 is 14.0 Å². The van der Waals surface area contributed by atoms with Crippen molar-refractivity contribution in [3.8, 4) is 0 Å². The summed E-state index contributed by atoms with van der Waals surface area (Å²) in [5, 5.41) is 6.92. The number of hydrogen-bond acceptors (Lipinski definition) is 3. The van der Waals surface area contributed by atoms with Gasteiger partial charge >= 0.3 is 0 Å². The normalized spacial score (nSPS) is 11.7. The predicted molar refractivity (Wildman–Crippen MR) is 80.7 cm³/mol. The van der Waals surface area contributed by atoms with E-state index in [1.165, 1.54) is 29.5 Å². The summed E-state index contributed by atoms with van der Waals surface area (Å²) in [6, 6.07) is 8.87. The fraction of sp³-hybridized carbons (Fsp3) is 0.200. The lowest BCUT2D eigenvalue weighted by atomic mass is 10.2. The number of benzene rings is 1. The van der Waals surface area contributed by atoms with Crippen LogP contribution < -0.4 is 10.6 Å². The van der Waals surface area contributed by atoms with Gasteiger partial charge in [0.2, 0.25) is 11.8 Å². The van der Waals surface area contributed by atoms with E-state index >= 15 is 0 Å². The quantitative estimate of drug-likeness (QED) is 0.892. The second kappa shape index (κ2) is 6.99. The van der Waals surface area contributed by atoms with Crippen molar-refractivity contribution in [3.63, 3.8) is 0 Å². The number of para-hydroxylation sites is 1. The molecule has 6 heteroatoms. The summed E-state index contributed by atoms with van der Waals surface area (Å²) < 4.78 is 13.4. The third-order valence-corrected chi connectivity index (χ3v) is 3.69. The van der Waals surface area contributed by atoms with Crippen LogP contribution in [0.2, 0.25) is 0 Å². The summed E-state index contributed by atoms with van der Waals surface area (Å²) in [4.78, 5) is 24.6. The van der Waals surface area contributed by atoms with Gasteiger partial charge in [0.15, 0.2) is 0 Å². The van der Waals surface area contributed by atoms with Crippen LogP contribution in [0.3, 0.4) is 0 Å². The molecule has 0 saturated carbocycles. The largest absolute Gasteiger partial charge is 0.344 e. The molecular weight excluding hydrogens is 291 g/mol. The van der Waals surface area contributed by atoms with Crippen molar-refractivity contribution in [1.29, 1.82) is 0 Å². The molecule has 1 heterocycles. The van der Waals surface area contributed by atoms with E-state index in [1.807, 2.05) is 17.5 Å². The van der Waals surface area contributed by atoms with Gasteiger partial charge in [-0.2, -0.15) is 0 Å². The molecule has 0 radical (unpaired) electrons. The molecule has 1 aromatic heterocycles. The van der Waals surface area contributed by atoms with E-state index in [0.29, 0.717) is 0 Å². The standard InChI is InChI=1S/C15H15FN2O2S/c1-10(17-14(19)9-11-5-4-8-21-11)15(20)18-13-7-3-2-6-12(13)16/h2-8,10H,9H2,1H3,(H,17,19)(H,18,20). The van der Waals surface area contributed by atoms with E-state index in [9.17, 15) is 14.0 Å². The van der Waals surface area contributed by atoms with E-state index < -0.39 is 17.8 Å². The molecule has 2 N–H and O–H groups in total. The average Bonchev–Trinajstić information content (AvgIpc) is 2.93. The molecule has 0 bridgehead atoms. The maximum Gasteiger partial charge on any atom is 0.246 e. The Kier molecular flexibility index (Phi) is 5.05. The number of carbonyl (C=O) groups is 2. The SMILES string of the molecule is CC(NC(=O)Cc1cccs1)C(=O)Nc1ccccc1F. The Morgan fingerprint density at radius 3 is 2.67 bits per heavy atom. The Morgan fingerprint density at radius 1 is 1.24 bits per heavy atom. The highest BCUT2D eigenvalue weighted by molar-refractivity contribution is 7.10. The maximum absolute atomic E-state index is 13.4. The third-order valence-electron chi connectivity index (χ3n) is 2.82. The highest BCUT2D eigenvalue weighted by atomic mass is 32.1. The zero-order chi connectivity index (χ0) is 15.2. The molecule has 0 aliphatic rings. The van der Waals surface area contributed by atoms with Crippen molar-refractivity contribution in [2.24, 2.45) is 0 Å². The van der Waals surface area contributed by atoms with E-state index in [1.54, 1.807) is 13.0 Å². The minimum Gasteiger partial charge on any atom is -0.344 e. The van der Waals surface area contributed by atoms with Gasteiger partial charge in [0.1, 0.15) is 11.9 Å². The number of anilines is 1. The van der Waals surface area contributed by atoms with Crippen LogP contribution in [0.15, 0.2) is 41.8 Å². The van der Waals surface area contributed by atoms with Crippen LogP contribution in [-0.2, 0) is 16.0 Å². The Labute approximate surface area is 126 Å². The first kappa shape index (κ1) is 15.2. The predicted octanol–water partition coefficient (Wildman–Crippen LogP) is 2.57. The number of hydrogen-bond donors (Lipinski definition) is 2. The summed E-state index contributed by atoms with van der Waals surface area (Å²) >= 11 is 1.48. The van der Waals surface area contributed by atoms with Gasteiger partial charge in [-0.05, 0) is 30.5 Å². The van der Waals surface area contributed by atoms with Gasteiger partial charge in [-0.25, -0.2) is 4.39 Å². The van der Waals surface area contributed by atoms with Gasteiger partial charge in [-0.1, -0.05) is 18.2 Å². The molecule has 0 aliphatic heterocycles. The van der Waals surface area contributed by atoms with Crippen LogP contribution in [0, 0.1) is 5.82 Å². The molecule has 0 spiro atoms. The highest BCUT2D eigenvalue weighted by Crippen LogP contribution is 2.13. The number of thiophene rings is 1. The minimum absolute atomic E-state index is 0.0989. The first-order valence-electron chi connectivity index (χ1n) is 6.43. The fourth-order valence-electron chi connectivity index (χ4n) is 1.73. The van der Waals surface area contributed by atoms with Crippen LogP contribution >= 0.6 is 11.3 Å². The van der Waals surface area contributed by atoms with E-state index in [2.05, 4.69) is 10.6 Å². The molecule has 21 heavy (non-hydrogen) atoms. The lowest BCUT2D eigenvalue weighted by molar-refractivity contribution is -0.125. The first-order valence-corrected chi connectivity index (χ1v) is 7.31. The molecule has 1 unspecified atom stereocenters.